The van der Waals surface area contributed by atoms with Gasteiger partial charge in [-0.3, -0.25) is 0 Å². The Morgan fingerprint density at radius 2 is 2.39 bits per heavy atom. The topological polar surface area (TPSA) is 38.5 Å². The van der Waals surface area contributed by atoms with Crippen molar-refractivity contribution < 1.29 is 4.74 Å². The van der Waals surface area contributed by atoms with Gasteiger partial charge in [0.15, 0.2) is 0 Å². The lowest BCUT2D eigenvalue weighted by Crippen LogP contribution is -2.28. The lowest BCUT2D eigenvalue weighted by atomic mass is 10.2. The highest BCUT2D eigenvalue weighted by molar-refractivity contribution is 9.10. The third-order valence-corrected chi connectivity index (χ3v) is 4.04. The van der Waals surface area contributed by atoms with Gasteiger partial charge in [-0.1, -0.05) is 12.2 Å². The van der Waals surface area contributed by atoms with Gasteiger partial charge in [-0.2, -0.15) is 0 Å². The molecule has 0 aromatic heterocycles. The average Bonchev–Trinajstić information content (AvgIpc) is 2.81. The number of benzene rings is 1. The summed E-state index contributed by atoms with van der Waals surface area (Å²) in [6.07, 6.45) is 2.67. The predicted molar refractivity (Wildman–Crippen MR) is 82.3 cm³/mol. The maximum atomic E-state index is 5.64. The van der Waals surface area contributed by atoms with Crippen LogP contribution in [0.25, 0.3) is 0 Å². The van der Waals surface area contributed by atoms with Crippen molar-refractivity contribution in [3.05, 3.63) is 28.2 Å². The molecule has 1 saturated heterocycles. The summed E-state index contributed by atoms with van der Waals surface area (Å²) >= 11 is 8.49. The van der Waals surface area contributed by atoms with Gasteiger partial charge in [0.05, 0.1) is 6.10 Å². The van der Waals surface area contributed by atoms with E-state index in [-0.39, 0.29) is 0 Å². The van der Waals surface area contributed by atoms with E-state index in [0.29, 0.717) is 11.1 Å². The molecule has 1 aromatic carbocycles. The van der Waals surface area contributed by atoms with Crippen LogP contribution in [0, 0.1) is 0 Å². The molecule has 3 nitrogen and oxygen atoms in total. The molecule has 1 aliphatic rings. The second-order valence-electron chi connectivity index (χ2n) is 4.54. The van der Waals surface area contributed by atoms with Crippen molar-refractivity contribution in [3.8, 4) is 0 Å². The second-order valence-corrected chi connectivity index (χ2v) is 5.84. The SMILES string of the molecule is CN(CC1CCCO1)c1ccc(C(N)=S)c(Br)c1. The Morgan fingerprint density at radius 3 is 2.94 bits per heavy atom. The van der Waals surface area contributed by atoms with E-state index < -0.39 is 0 Å². The number of thiocarbonyl (C=S) groups is 1. The molecule has 0 spiro atoms. The zero-order chi connectivity index (χ0) is 13.1. The van der Waals surface area contributed by atoms with Crippen LogP contribution < -0.4 is 10.6 Å². The normalized spacial score (nSPS) is 18.9. The van der Waals surface area contributed by atoms with Crippen molar-refractivity contribution in [2.45, 2.75) is 18.9 Å². The average molecular weight is 329 g/mol. The molecule has 0 aliphatic carbocycles. The van der Waals surface area contributed by atoms with E-state index in [1.165, 1.54) is 6.42 Å². The molecular formula is C13H17BrN2OS. The quantitative estimate of drug-likeness (QED) is 0.862. The molecule has 1 unspecified atom stereocenters. The van der Waals surface area contributed by atoms with Gasteiger partial charge in [-0.05, 0) is 47.0 Å². The van der Waals surface area contributed by atoms with Crippen LogP contribution in [0.3, 0.4) is 0 Å². The number of halogens is 1. The van der Waals surface area contributed by atoms with Crippen LogP contribution in [0.5, 0.6) is 0 Å². The van der Waals surface area contributed by atoms with E-state index >= 15 is 0 Å². The maximum absolute atomic E-state index is 5.64. The smallest absolute Gasteiger partial charge is 0.105 e. The van der Waals surface area contributed by atoms with Gasteiger partial charge in [0.2, 0.25) is 0 Å². The van der Waals surface area contributed by atoms with Crippen LogP contribution in [-0.4, -0.2) is 31.3 Å². The molecule has 0 amide bonds. The minimum Gasteiger partial charge on any atom is -0.389 e. The summed E-state index contributed by atoms with van der Waals surface area (Å²) in [6.45, 7) is 1.81. The van der Waals surface area contributed by atoms with E-state index in [9.17, 15) is 0 Å². The van der Waals surface area contributed by atoms with Crippen LogP contribution in [0.2, 0.25) is 0 Å². The Bertz CT molecular complexity index is 447. The van der Waals surface area contributed by atoms with E-state index in [1.807, 2.05) is 18.2 Å². The summed E-state index contributed by atoms with van der Waals surface area (Å²) in [6, 6.07) is 6.03. The number of nitrogens with zero attached hydrogens (tertiary/aromatic N) is 1. The Morgan fingerprint density at radius 1 is 1.61 bits per heavy atom. The van der Waals surface area contributed by atoms with Crippen LogP contribution in [-0.2, 0) is 4.74 Å². The molecule has 0 radical (unpaired) electrons. The fourth-order valence-corrected chi connectivity index (χ4v) is 3.03. The van der Waals surface area contributed by atoms with Gasteiger partial charge in [-0.15, -0.1) is 0 Å². The number of hydrogen-bond donors (Lipinski definition) is 1. The molecule has 1 atom stereocenters. The molecule has 0 saturated carbocycles. The summed E-state index contributed by atoms with van der Waals surface area (Å²) in [5.74, 6) is 0. The van der Waals surface area contributed by atoms with Gasteiger partial charge in [0.1, 0.15) is 4.99 Å². The molecule has 2 rings (SSSR count). The Balaban J connectivity index is 2.08. The zero-order valence-corrected chi connectivity index (χ0v) is 12.8. The third kappa shape index (κ3) is 3.22. The fraction of sp³-hybridized carbons (Fsp3) is 0.462. The number of nitrogens with two attached hydrogens (primary N) is 1. The van der Waals surface area contributed by atoms with Gasteiger partial charge in [0.25, 0.3) is 0 Å². The van der Waals surface area contributed by atoms with Gasteiger partial charge < -0.3 is 15.4 Å². The predicted octanol–water partition coefficient (Wildman–Crippen LogP) is 2.70. The zero-order valence-electron chi connectivity index (χ0n) is 10.4. The highest BCUT2D eigenvalue weighted by Crippen LogP contribution is 2.24. The van der Waals surface area contributed by atoms with Crippen LogP contribution >= 0.6 is 28.1 Å². The summed E-state index contributed by atoms with van der Waals surface area (Å²) in [5, 5.41) is 0. The van der Waals surface area contributed by atoms with E-state index in [0.717, 1.165) is 35.3 Å². The molecule has 1 aliphatic heterocycles. The number of likely N-dealkylation sites (N-methyl/N-ethyl adjacent to an activating group) is 1. The van der Waals surface area contributed by atoms with Crippen LogP contribution in [0.1, 0.15) is 18.4 Å². The van der Waals surface area contributed by atoms with E-state index in [4.69, 9.17) is 22.7 Å². The van der Waals surface area contributed by atoms with Crippen molar-refractivity contribution in [1.29, 1.82) is 0 Å². The summed E-state index contributed by atoms with van der Waals surface area (Å²) < 4.78 is 6.58. The van der Waals surface area contributed by atoms with Gasteiger partial charge >= 0.3 is 0 Å². The maximum Gasteiger partial charge on any atom is 0.105 e. The third-order valence-electron chi connectivity index (χ3n) is 3.16. The molecule has 5 heteroatoms. The van der Waals surface area contributed by atoms with Crippen molar-refractivity contribution in [1.82, 2.24) is 0 Å². The van der Waals surface area contributed by atoms with E-state index in [2.05, 4.69) is 27.9 Å². The van der Waals surface area contributed by atoms with E-state index in [1.54, 1.807) is 0 Å². The Kier molecular flexibility index (Phi) is 4.59. The number of ether oxygens (including phenoxy) is 1. The lowest BCUT2D eigenvalue weighted by Gasteiger charge is -2.23. The molecule has 18 heavy (non-hydrogen) atoms. The lowest BCUT2D eigenvalue weighted by molar-refractivity contribution is 0.116. The summed E-state index contributed by atoms with van der Waals surface area (Å²) in [7, 11) is 2.07. The minimum absolute atomic E-state index is 0.351. The van der Waals surface area contributed by atoms with Crippen molar-refractivity contribution in [3.63, 3.8) is 0 Å². The monoisotopic (exact) mass is 328 g/mol. The van der Waals surface area contributed by atoms with Crippen LogP contribution in [0.4, 0.5) is 5.69 Å². The largest absolute Gasteiger partial charge is 0.389 e. The highest BCUT2D eigenvalue weighted by Gasteiger charge is 2.18. The van der Waals surface area contributed by atoms with Crippen molar-refractivity contribution in [2.24, 2.45) is 5.73 Å². The number of rotatable bonds is 4. The first-order valence-corrected chi connectivity index (χ1v) is 7.20. The second kappa shape index (κ2) is 5.99. The first kappa shape index (κ1) is 13.8. The first-order chi connectivity index (χ1) is 8.58. The van der Waals surface area contributed by atoms with Gasteiger partial charge in [0, 0.05) is 35.9 Å². The molecular weight excluding hydrogens is 312 g/mol. The molecule has 0 bridgehead atoms. The number of anilines is 1. The Labute approximate surface area is 121 Å². The molecule has 1 fully saturated rings. The number of hydrogen-bond acceptors (Lipinski definition) is 3. The van der Waals surface area contributed by atoms with Gasteiger partial charge in [-0.25, -0.2) is 0 Å². The first-order valence-electron chi connectivity index (χ1n) is 6.00. The molecule has 98 valence electrons. The van der Waals surface area contributed by atoms with Crippen molar-refractivity contribution >= 4 is 38.8 Å². The summed E-state index contributed by atoms with van der Waals surface area (Å²) in [4.78, 5) is 2.61. The highest BCUT2D eigenvalue weighted by atomic mass is 79.9. The minimum atomic E-state index is 0.351. The molecule has 2 N–H and O–H groups in total. The van der Waals surface area contributed by atoms with Crippen molar-refractivity contribution in [2.75, 3.05) is 25.1 Å². The summed E-state index contributed by atoms with van der Waals surface area (Å²) in [5.41, 5.74) is 7.65. The van der Waals surface area contributed by atoms with Crippen LogP contribution in [0.15, 0.2) is 22.7 Å². The molecule has 1 aromatic rings. The standard InChI is InChI=1S/C13H17BrN2OS/c1-16(8-10-3-2-6-17-10)9-4-5-11(13(15)18)12(14)7-9/h4-5,7,10H,2-3,6,8H2,1H3,(H2,15,18). The Hall–Kier alpha value is -0.650. The molecule has 1 heterocycles. The fourth-order valence-electron chi connectivity index (χ4n) is 2.14.